The van der Waals surface area contributed by atoms with E-state index in [1.54, 1.807) is 0 Å². The lowest BCUT2D eigenvalue weighted by molar-refractivity contribution is -0.155. The SMILES string of the molecule is COC(=O)C12CCN(c3ccc(Br)cn3)C(=CC(C)C1)C2. The predicted octanol–water partition coefficient (Wildman–Crippen LogP) is 3.53. The topological polar surface area (TPSA) is 42.4 Å². The van der Waals surface area contributed by atoms with E-state index in [0.717, 1.165) is 36.1 Å². The number of aromatic nitrogens is 1. The highest BCUT2D eigenvalue weighted by Gasteiger charge is 2.47. The van der Waals surface area contributed by atoms with Crippen LogP contribution in [0.4, 0.5) is 5.82 Å². The highest BCUT2D eigenvalue weighted by atomic mass is 79.9. The molecule has 0 N–H and O–H groups in total. The summed E-state index contributed by atoms with van der Waals surface area (Å²) in [6.45, 7) is 2.97. The van der Waals surface area contributed by atoms with E-state index in [0.29, 0.717) is 5.92 Å². The van der Waals surface area contributed by atoms with Gasteiger partial charge in [0.2, 0.25) is 0 Å². The van der Waals surface area contributed by atoms with Crippen LogP contribution >= 0.6 is 15.9 Å². The fourth-order valence-corrected chi connectivity index (χ4v) is 3.82. The molecule has 3 rings (SSSR count). The smallest absolute Gasteiger partial charge is 0.312 e. The number of nitrogens with zero attached hydrogens (tertiary/aromatic N) is 2. The van der Waals surface area contributed by atoms with Crippen LogP contribution in [0.25, 0.3) is 0 Å². The summed E-state index contributed by atoms with van der Waals surface area (Å²) in [7, 11) is 1.49. The number of rotatable bonds is 2. The summed E-state index contributed by atoms with van der Waals surface area (Å²) in [6, 6.07) is 4.01. The van der Waals surface area contributed by atoms with Crippen LogP contribution in [0.2, 0.25) is 0 Å². The zero-order valence-corrected chi connectivity index (χ0v) is 13.9. The molecule has 2 aliphatic rings. The molecule has 2 unspecified atom stereocenters. The van der Waals surface area contributed by atoms with Crippen LogP contribution in [-0.4, -0.2) is 24.6 Å². The molecule has 1 aromatic heterocycles. The van der Waals surface area contributed by atoms with Crippen molar-refractivity contribution in [3.63, 3.8) is 0 Å². The number of esters is 1. The molecule has 112 valence electrons. The second kappa shape index (κ2) is 5.44. The summed E-state index contributed by atoms with van der Waals surface area (Å²) in [5, 5.41) is 0. The van der Waals surface area contributed by atoms with E-state index in [2.05, 4.69) is 38.8 Å². The molecule has 0 saturated carbocycles. The van der Waals surface area contributed by atoms with Crippen molar-refractivity contribution in [2.45, 2.75) is 26.2 Å². The van der Waals surface area contributed by atoms with Crippen LogP contribution < -0.4 is 4.90 Å². The number of halogens is 1. The molecule has 1 aliphatic heterocycles. The first-order valence-electron chi connectivity index (χ1n) is 7.22. The summed E-state index contributed by atoms with van der Waals surface area (Å²) in [6.07, 6.45) is 6.53. The van der Waals surface area contributed by atoms with E-state index in [1.165, 1.54) is 12.8 Å². The molecular formula is C16H19BrN2O2. The van der Waals surface area contributed by atoms with Gasteiger partial charge in [0.25, 0.3) is 0 Å². The molecule has 2 heterocycles. The molecule has 1 fully saturated rings. The van der Waals surface area contributed by atoms with Crippen molar-refractivity contribution in [3.05, 3.63) is 34.6 Å². The van der Waals surface area contributed by atoms with Crippen molar-refractivity contribution in [1.29, 1.82) is 0 Å². The van der Waals surface area contributed by atoms with Gasteiger partial charge in [-0.2, -0.15) is 0 Å². The predicted molar refractivity (Wildman–Crippen MR) is 84.8 cm³/mol. The molecule has 4 nitrogen and oxygen atoms in total. The first-order valence-corrected chi connectivity index (χ1v) is 8.01. The Labute approximate surface area is 133 Å². The Bertz CT molecular complexity index is 584. The molecule has 0 spiro atoms. The number of hydrogen-bond donors (Lipinski definition) is 0. The number of hydrogen-bond acceptors (Lipinski definition) is 4. The first-order chi connectivity index (χ1) is 10.0. The van der Waals surface area contributed by atoms with E-state index in [1.807, 2.05) is 18.3 Å². The second-order valence-electron chi connectivity index (χ2n) is 6.02. The Morgan fingerprint density at radius 3 is 3.00 bits per heavy atom. The highest BCUT2D eigenvalue weighted by Crippen LogP contribution is 2.47. The van der Waals surface area contributed by atoms with E-state index < -0.39 is 0 Å². The third-order valence-electron chi connectivity index (χ3n) is 4.48. The van der Waals surface area contributed by atoms with Crippen LogP contribution in [0.1, 0.15) is 26.2 Å². The third-order valence-corrected chi connectivity index (χ3v) is 4.95. The number of carbonyl (C=O) groups is 1. The largest absolute Gasteiger partial charge is 0.469 e. The minimum absolute atomic E-state index is 0.0663. The highest BCUT2D eigenvalue weighted by molar-refractivity contribution is 9.10. The molecule has 2 bridgehead atoms. The Morgan fingerprint density at radius 2 is 2.33 bits per heavy atom. The quantitative estimate of drug-likeness (QED) is 0.765. The number of piperidine rings is 1. The summed E-state index contributed by atoms with van der Waals surface area (Å²) in [4.78, 5) is 19.0. The molecule has 5 heteroatoms. The Kier molecular flexibility index (Phi) is 3.78. The summed E-state index contributed by atoms with van der Waals surface area (Å²) in [5.74, 6) is 1.26. The standard InChI is InChI=1S/C16H19BrN2O2/c1-11-7-13-9-16(8-11,15(20)21-2)5-6-19(13)14-4-3-12(17)10-18-14/h3-4,7,10-11H,5-6,8-9H2,1-2H3. The van der Waals surface area contributed by atoms with Crippen LogP contribution in [0, 0.1) is 11.3 Å². The van der Waals surface area contributed by atoms with Gasteiger partial charge in [0, 0.05) is 29.3 Å². The van der Waals surface area contributed by atoms with Gasteiger partial charge < -0.3 is 9.64 Å². The van der Waals surface area contributed by atoms with E-state index in [9.17, 15) is 4.79 Å². The summed E-state index contributed by atoms with van der Waals surface area (Å²) in [5.41, 5.74) is 0.852. The fourth-order valence-electron chi connectivity index (χ4n) is 3.59. The molecule has 1 saturated heterocycles. The van der Waals surface area contributed by atoms with Crippen LogP contribution in [0.5, 0.6) is 0 Å². The number of ether oxygens (including phenoxy) is 1. The minimum atomic E-state index is -0.343. The first kappa shape index (κ1) is 14.6. The molecular weight excluding hydrogens is 332 g/mol. The number of anilines is 1. The number of carbonyl (C=O) groups excluding carboxylic acids is 1. The van der Waals surface area contributed by atoms with Gasteiger partial charge in [-0.1, -0.05) is 13.0 Å². The van der Waals surface area contributed by atoms with E-state index in [-0.39, 0.29) is 11.4 Å². The van der Waals surface area contributed by atoms with Gasteiger partial charge in [-0.25, -0.2) is 4.98 Å². The zero-order chi connectivity index (χ0) is 15.0. The molecule has 0 radical (unpaired) electrons. The second-order valence-corrected chi connectivity index (χ2v) is 6.94. The monoisotopic (exact) mass is 350 g/mol. The molecule has 0 aromatic carbocycles. The Balaban J connectivity index is 1.92. The molecule has 21 heavy (non-hydrogen) atoms. The summed E-state index contributed by atoms with van der Waals surface area (Å²) >= 11 is 3.41. The van der Waals surface area contributed by atoms with Gasteiger partial charge >= 0.3 is 5.97 Å². The van der Waals surface area contributed by atoms with E-state index >= 15 is 0 Å². The maximum absolute atomic E-state index is 12.2. The van der Waals surface area contributed by atoms with Crippen LogP contribution in [0.3, 0.4) is 0 Å². The molecule has 1 aliphatic carbocycles. The van der Waals surface area contributed by atoms with Gasteiger partial charge in [0.05, 0.1) is 12.5 Å². The average molecular weight is 351 g/mol. The van der Waals surface area contributed by atoms with Gasteiger partial charge in [-0.15, -0.1) is 0 Å². The van der Waals surface area contributed by atoms with E-state index in [4.69, 9.17) is 4.74 Å². The maximum atomic E-state index is 12.2. The zero-order valence-electron chi connectivity index (χ0n) is 12.3. The lowest BCUT2D eigenvalue weighted by Crippen LogP contribution is -2.47. The van der Waals surface area contributed by atoms with Gasteiger partial charge in [0.1, 0.15) is 5.82 Å². The summed E-state index contributed by atoms with van der Waals surface area (Å²) < 4.78 is 6.04. The van der Waals surface area contributed by atoms with Gasteiger partial charge in [0.15, 0.2) is 0 Å². The number of pyridine rings is 1. The average Bonchev–Trinajstić information content (AvgIpc) is 2.47. The number of allylic oxidation sites excluding steroid dienone is 2. The van der Waals surface area contributed by atoms with Gasteiger partial charge in [-0.3, -0.25) is 4.79 Å². The number of methoxy groups -OCH3 is 1. The lowest BCUT2D eigenvalue weighted by Gasteiger charge is -2.46. The third kappa shape index (κ3) is 2.59. The van der Waals surface area contributed by atoms with Crippen molar-refractivity contribution < 1.29 is 9.53 Å². The normalized spacial score (nSPS) is 28.0. The Hall–Kier alpha value is -1.36. The van der Waals surface area contributed by atoms with Crippen molar-refractivity contribution in [3.8, 4) is 0 Å². The molecule has 0 amide bonds. The minimum Gasteiger partial charge on any atom is -0.469 e. The van der Waals surface area contributed by atoms with Crippen LogP contribution in [0.15, 0.2) is 34.6 Å². The molecule has 1 aromatic rings. The molecule has 2 atom stereocenters. The maximum Gasteiger partial charge on any atom is 0.312 e. The van der Waals surface area contributed by atoms with Gasteiger partial charge in [-0.05, 0) is 46.8 Å². The lowest BCUT2D eigenvalue weighted by atomic mass is 9.67. The van der Waals surface area contributed by atoms with Crippen molar-refractivity contribution >= 4 is 27.7 Å². The van der Waals surface area contributed by atoms with Crippen LogP contribution in [-0.2, 0) is 9.53 Å². The van der Waals surface area contributed by atoms with Crippen molar-refractivity contribution in [1.82, 2.24) is 4.98 Å². The van der Waals surface area contributed by atoms with Crippen molar-refractivity contribution in [2.75, 3.05) is 18.6 Å². The number of fused-ring (bicyclic) bond motifs is 2. The van der Waals surface area contributed by atoms with Crippen molar-refractivity contribution in [2.24, 2.45) is 11.3 Å². The fraction of sp³-hybridized carbons (Fsp3) is 0.500. The Morgan fingerprint density at radius 1 is 1.52 bits per heavy atom.